The van der Waals surface area contributed by atoms with E-state index in [-0.39, 0.29) is 11.9 Å². The van der Waals surface area contributed by atoms with E-state index in [1.165, 1.54) is 0 Å². The van der Waals surface area contributed by atoms with Crippen molar-refractivity contribution in [2.24, 2.45) is 0 Å². The highest BCUT2D eigenvalue weighted by Gasteiger charge is 2.25. The van der Waals surface area contributed by atoms with Gasteiger partial charge in [0.05, 0.1) is 0 Å². The van der Waals surface area contributed by atoms with E-state index in [0.29, 0.717) is 18.7 Å². The first kappa shape index (κ1) is 18.7. The number of urea groups is 1. The molecule has 0 spiro atoms. The van der Waals surface area contributed by atoms with Crippen molar-refractivity contribution in [1.82, 2.24) is 5.32 Å². The molecule has 0 saturated carbocycles. The number of nitrogens with one attached hydrogen (secondary N) is 2. The number of fused-ring (bicyclic) bond motifs is 1. The van der Waals surface area contributed by atoms with Gasteiger partial charge in [0, 0.05) is 30.0 Å². The molecule has 0 unspecified atom stereocenters. The Labute approximate surface area is 170 Å². The van der Waals surface area contributed by atoms with Crippen LogP contribution in [0.25, 0.3) is 0 Å². The van der Waals surface area contributed by atoms with Gasteiger partial charge in [-0.25, -0.2) is 4.79 Å². The van der Waals surface area contributed by atoms with E-state index in [1.807, 2.05) is 84.6 Å². The van der Waals surface area contributed by atoms with Gasteiger partial charge in [-0.2, -0.15) is 0 Å². The van der Waals surface area contributed by atoms with E-state index < -0.39 is 0 Å². The zero-order valence-electron chi connectivity index (χ0n) is 16.3. The highest BCUT2D eigenvalue weighted by molar-refractivity contribution is 6.07. The third-order valence-corrected chi connectivity index (χ3v) is 5.16. The van der Waals surface area contributed by atoms with Gasteiger partial charge in [-0.15, -0.1) is 0 Å². The zero-order valence-corrected chi connectivity index (χ0v) is 16.3. The SMILES string of the molecule is Cc1ccccc1NC(=O)NCc1ccc2c(c1)N(C(=O)c1ccccc1)CC2. The van der Waals surface area contributed by atoms with Crippen molar-refractivity contribution in [3.8, 4) is 0 Å². The Morgan fingerprint density at radius 2 is 1.72 bits per heavy atom. The predicted octanol–water partition coefficient (Wildman–Crippen LogP) is 4.52. The first-order chi connectivity index (χ1) is 14.1. The van der Waals surface area contributed by atoms with Gasteiger partial charge in [0.2, 0.25) is 0 Å². The summed E-state index contributed by atoms with van der Waals surface area (Å²) in [6.07, 6.45) is 0.843. The quantitative estimate of drug-likeness (QED) is 0.694. The summed E-state index contributed by atoms with van der Waals surface area (Å²) in [4.78, 5) is 26.9. The topological polar surface area (TPSA) is 61.4 Å². The van der Waals surface area contributed by atoms with E-state index in [2.05, 4.69) is 10.6 Å². The van der Waals surface area contributed by atoms with Crippen molar-refractivity contribution in [3.63, 3.8) is 0 Å². The minimum atomic E-state index is -0.253. The number of carbonyl (C=O) groups excluding carboxylic acids is 2. The van der Waals surface area contributed by atoms with Crippen LogP contribution in [0.5, 0.6) is 0 Å². The van der Waals surface area contributed by atoms with Crippen molar-refractivity contribution in [3.05, 3.63) is 95.1 Å². The van der Waals surface area contributed by atoms with Crippen LogP contribution in [-0.4, -0.2) is 18.5 Å². The largest absolute Gasteiger partial charge is 0.334 e. The summed E-state index contributed by atoms with van der Waals surface area (Å²) in [6, 6.07) is 22.8. The molecule has 5 nitrogen and oxygen atoms in total. The van der Waals surface area contributed by atoms with Crippen LogP contribution in [0.1, 0.15) is 27.0 Å². The first-order valence-corrected chi connectivity index (χ1v) is 9.71. The van der Waals surface area contributed by atoms with Crippen LogP contribution in [0.15, 0.2) is 72.8 Å². The lowest BCUT2D eigenvalue weighted by molar-refractivity contribution is 0.0989. The van der Waals surface area contributed by atoms with Gasteiger partial charge < -0.3 is 15.5 Å². The van der Waals surface area contributed by atoms with Crippen molar-refractivity contribution < 1.29 is 9.59 Å². The van der Waals surface area contributed by atoms with Crippen molar-refractivity contribution in [1.29, 1.82) is 0 Å². The molecular formula is C24H23N3O2. The molecule has 0 radical (unpaired) electrons. The standard InChI is InChI=1S/C24H23N3O2/c1-17-7-5-6-10-21(17)26-24(29)25-16-18-11-12-19-13-14-27(22(19)15-18)23(28)20-8-3-2-4-9-20/h2-12,15H,13-14,16H2,1H3,(H2,25,26,29). The molecule has 4 rings (SSSR count). The fourth-order valence-electron chi connectivity index (χ4n) is 3.54. The van der Waals surface area contributed by atoms with Gasteiger partial charge in [0.15, 0.2) is 0 Å². The highest BCUT2D eigenvalue weighted by Crippen LogP contribution is 2.30. The van der Waals surface area contributed by atoms with Crippen LogP contribution in [-0.2, 0) is 13.0 Å². The van der Waals surface area contributed by atoms with E-state index in [1.54, 1.807) is 0 Å². The third-order valence-electron chi connectivity index (χ3n) is 5.16. The van der Waals surface area contributed by atoms with Crippen LogP contribution in [0.3, 0.4) is 0 Å². The van der Waals surface area contributed by atoms with Crippen molar-refractivity contribution in [2.45, 2.75) is 19.9 Å². The molecule has 3 aromatic rings. The molecule has 1 aliphatic heterocycles. The fraction of sp³-hybridized carbons (Fsp3) is 0.167. The van der Waals surface area contributed by atoms with E-state index >= 15 is 0 Å². The third kappa shape index (κ3) is 4.14. The Kier molecular flexibility index (Phi) is 5.29. The summed E-state index contributed by atoms with van der Waals surface area (Å²) in [5.74, 6) is 0.00625. The number of amides is 3. The lowest BCUT2D eigenvalue weighted by Gasteiger charge is -2.18. The summed E-state index contributed by atoms with van der Waals surface area (Å²) >= 11 is 0. The van der Waals surface area contributed by atoms with Gasteiger partial charge in [0.1, 0.15) is 0 Å². The maximum Gasteiger partial charge on any atom is 0.319 e. The Bertz CT molecular complexity index is 1050. The number of rotatable bonds is 4. The molecule has 0 bridgehead atoms. The highest BCUT2D eigenvalue weighted by atomic mass is 16.2. The number of nitrogens with zero attached hydrogens (tertiary/aromatic N) is 1. The van der Waals surface area contributed by atoms with Crippen molar-refractivity contribution in [2.75, 3.05) is 16.8 Å². The normalized spacial score (nSPS) is 12.4. The van der Waals surface area contributed by atoms with E-state index in [0.717, 1.165) is 34.5 Å². The van der Waals surface area contributed by atoms with Crippen LogP contribution in [0.4, 0.5) is 16.2 Å². The number of anilines is 2. The zero-order chi connectivity index (χ0) is 20.2. The Balaban J connectivity index is 1.44. The molecule has 0 aromatic heterocycles. The number of hydrogen-bond acceptors (Lipinski definition) is 2. The minimum absolute atomic E-state index is 0.00625. The molecule has 1 aliphatic rings. The minimum Gasteiger partial charge on any atom is -0.334 e. The van der Waals surface area contributed by atoms with Gasteiger partial charge >= 0.3 is 6.03 Å². The summed E-state index contributed by atoms with van der Waals surface area (Å²) in [5, 5.41) is 5.75. The Morgan fingerprint density at radius 3 is 2.52 bits per heavy atom. The van der Waals surface area contributed by atoms with Crippen LogP contribution >= 0.6 is 0 Å². The second-order valence-corrected chi connectivity index (χ2v) is 7.16. The molecule has 146 valence electrons. The number of aryl methyl sites for hydroxylation is 1. The van der Waals surface area contributed by atoms with Gasteiger partial charge in [0.25, 0.3) is 5.91 Å². The molecule has 29 heavy (non-hydrogen) atoms. The van der Waals surface area contributed by atoms with Crippen LogP contribution in [0.2, 0.25) is 0 Å². The van der Waals surface area contributed by atoms with Crippen molar-refractivity contribution >= 4 is 23.3 Å². The maximum absolute atomic E-state index is 12.9. The molecule has 2 N–H and O–H groups in total. The monoisotopic (exact) mass is 385 g/mol. The van der Waals surface area contributed by atoms with Gasteiger partial charge in [-0.1, -0.05) is 48.5 Å². The molecule has 3 amide bonds. The second-order valence-electron chi connectivity index (χ2n) is 7.16. The number of benzene rings is 3. The fourth-order valence-corrected chi connectivity index (χ4v) is 3.54. The molecule has 3 aromatic carbocycles. The summed E-state index contributed by atoms with van der Waals surface area (Å²) in [6.45, 7) is 3.01. The summed E-state index contributed by atoms with van der Waals surface area (Å²) in [7, 11) is 0. The average molecular weight is 385 g/mol. The number of hydrogen-bond donors (Lipinski definition) is 2. The molecule has 1 heterocycles. The van der Waals surface area contributed by atoms with Crippen LogP contribution < -0.4 is 15.5 Å². The molecule has 0 aliphatic carbocycles. The lowest BCUT2D eigenvalue weighted by Crippen LogP contribution is -2.29. The van der Waals surface area contributed by atoms with E-state index in [9.17, 15) is 9.59 Å². The number of para-hydroxylation sites is 1. The smallest absolute Gasteiger partial charge is 0.319 e. The second kappa shape index (κ2) is 8.19. The first-order valence-electron chi connectivity index (χ1n) is 9.71. The molecule has 5 heteroatoms. The summed E-state index contributed by atoms with van der Waals surface area (Å²) in [5.41, 5.74) is 5.52. The summed E-state index contributed by atoms with van der Waals surface area (Å²) < 4.78 is 0. The molecule has 0 atom stereocenters. The maximum atomic E-state index is 12.9. The molecular weight excluding hydrogens is 362 g/mol. The molecule has 0 saturated heterocycles. The Morgan fingerprint density at radius 1 is 0.966 bits per heavy atom. The van der Waals surface area contributed by atoms with Gasteiger partial charge in [-0.05, 0) is 54.3 Å². The Hall–Kier alpha value is -3.60. The van der Waals surface area contributed by atoms with E-state index in [4.69, 9.17) is 0 Å². The number of carbonyl (C=O) groups is 2. The lowest BCUT2D eigenvalue weighted by atomic mass is 10.1. The van der Waals surface area contributed by atoms with Gasteiger partial charge in [-0.3, -0.25) is 4.79 Å². The van der Waals surface area contributed by atoms with Crippen LogP contribution in [0, 0.1) is 6.92 Å². The molecule has 0 fully saturated rings. The average Bonchev–Trinajstić information content (AvgIpc) is 3.17. The predicted molar refractivity (Wildman–Crippen MR) is 115 cm³/mol.